The Balaban J connectivity index is 2.88. The van der Waals surface area contributed by atoms with E-state index in [-0.39, 0.29) is 5.97 Å². The van der Waals surface area contributed by atoms with E-state index >= 15 is 0 Å². The largest absolute Gasteiger partial charge is 0.468 e. The molecule has 0 amide bonds. The van der Waals surface area contributed by atoms with E-state index in [1.54, 1.807) is 31.4 Å². The van der Waals surface area contributed by atoms with E-state index in [0.717, 1.165) is 5.56 Å². The molecule has 0 saturated carbocycles. The third kappa shape index (κ3) is 3.22. The van der Waals surface area contributed by atoms with Crippen molar-refractivity contribution in [2.45, 2.75) is 5.92 Å². The van der Waals surface area contributed by atoms with Crippen LogP contribution < -0.4 is 0 Å². The molecule has 0 bridgehead atoms. The number of hydrogen-bond donors (Lipinski definition) is 0. The molecule has 0 aliphatic rings. The molecule has 15 heavy (non-hydrogen) atoms. The summed E-state index contributed by atoms with van der Waals surface area (Å²) >= 11 is 5.76. The molecule has 1 aromatic rings. The molecule has 0 aromatic heterocycles. The summed E-state index contributed by atoms with van der Waals surface area (Å²) in [6.07, 6.45) is 0. The second-order valence-electron chi connectivity index (χ2n) is 3.08. The van der Waals surface area contributed by atoms with E-state index in [0.29, 0.717) is 11.6 Å². The van der Waals surface area contributed by atoms with Crippen molar-refractivity contribution < 1.29 is 14.3 Å². The molecule has 1 unspecified atom stereocenters. The predicted molar refractivity (Wildman–Crippen MR) is 58.1 cm³/mol. The molecule has 0 saturated heterocycles. The van der Waals surface area contributed by atoms with Gasteiger partial charge in [0.05, 0.1) is 13.7 Å². The van der Waals surface area contributed by atoms with E-state index in [2.05, 4.69) is 0 Å². The van der Waals surface area contributed by atoms with Crippen LogP contribution in [-0.2, 0) is 14.3 Å². The summed E-state index contributed by atoms with van der Waals surface area (Å²) in [4.78, 5) is 11.5. The van der Waals surface area contributed by atoms with Crippen molar-refractivity contribution in [1.82, 2.24) is 0 Å². The van der Waals surface area contributed by atoms with Crippen molar-refractivity contribution in [2.24, 2.45) is 0 Å². The Bertz CT molecular complexity index is 321. The summed E-state index contributed by atoms with van der Waals surface area (Å²) in [5.41, 5.74) is 0.841. The van der Waals surface area contributed by atoms with E-state index in [9.17, 15) is 4.79 Å². The fourth-order valence-electron chi connectivity index (χ4n) is 1.30. The van der Waals surface area contributed by atoms with Crippen LogP contribution in [0.1, 0.15) is 11.5 Å². The lowest BCUT2D eigenvalue weighted by atomic mass is 10.0. The maximum Gasteiger partial charge on any atom is 0.315 e. The number of carbonyl (C=O) groups excluding carboxylic acids is 1. The molecule has 0 radical (unpaired) electrons. The number of halogens is 1. The maximum absolute atomic E-state index is 11.5. The first kappa shape index (κ1) is 12.0. The number of carbonyl (C=O) groups is 1. The van der Waals surface area contributed by atoms with Gasteiger partial charge in [-0.1, -0.05) is 23.7 Å². The number of rotatable bonds is 4. The minimum absolute atomic E-state index is 0.300. The van der Waals surface area contributed by atoms with Gasteiger partial charge < -0.3 is 9.47 Å². The summed E-state index contributed by atoms with van der Waals surface area (Å²) in [6, 6.07) is 7.07. The lowest BCUT2D eigenvalue weighted by Gasteiger charge is -2.13. The third-order valence-electron chi connectivity index (χ3n) is 2.09. The molecular weight excluding hydrogens is 216 g/mol. The van der Waals surface area contributed by atoms with Crippen molar-refractivity contribution in [3.63, 3.8) is 0 Å². The molecule has 4 heteroatoms. The van der Waals surface area contributed by atoms with Gasteiger partial charge in [0, 0.05) is 12.1 Å². The molecule has 0 aliphatic heterocycles. The molecule has 82 valence electrons. The van der Waals surface area contributed by atoms with Gasteiger partial charge in [0.2, 0.25) is 0 Å². The first-order valence-corrected chi connectivity index (χ1v) is 4.89. The molecule has 0 fully saturated rings. The van der Waals surface area contributed by atoms with Crippen molar-refractivity contribution in [3.05, 3.63) is 34.9 Å². The second kappa shape index (κ2) is 5.73. The standard InChI is InChI=1S/C11H13ClO3/c1-14-7-10(11(13)15-2)8-3-5-9(12)6-4-8/h3-6,10H,7H2,1-2H3. The number of benzene rings is 1. The first-order chi connectivity index (χ1) is 7.19. The van der Waals surface area contributed by atoms with E-state index in [4.69, 9.17) is 21.1 Å². The molecule has 0 spiro atoms. The van der Waals surface area contributed by atoms with Gasteiger partial charge in [0.1, 0.15) is 5.92 Å². The Morgan fingerprint density at radius 3 is 2.40 bits per heavy atom. The van der Waals surface area contributed by atoms with Crippen LogP contribution in [-0.4, -0.2) is 26.8 Å². The Hall–Kier alpha value is -1.06. The molecule has 3 nitrogen and oxygen atoms in total. The lowest BCUT2D eigenvalue weighted by Crippen LogP contribution is -2.18. The highest BCUT2D eigenvalue weighted by Crippen LogP contribution is 2.20. The summed E-state index contributed by atoms with van der Waals surface area (Å²) in [5, 5.41) is 0.639. The molecule has 1 aromatic carbocycles. The zero-order valence-corrected chi connectivity index (χ0v) is 9.45. The van der Waals surface area contributed by atoms with E-state index < -0.39 is 5.92 Å². The number of hydrogen-bond acceptors (Lipinski definition) is 3. The maximum atomic E-state index is 11.5. The SMILES string of the molecule is COCC(C(=O)OC)c1ccc(Cl)cc1. The fraction of sp³-hybridized carbons (Fsp3) is 0.364. The number of methoxy groups -OCH3 is 2. The van der Waals surface area contributed by atoms with Crippen LogP contribution in [0.25, 0.3) is 0 Å². The van der Waals surface area contributed by atoms with Gasteiger partial charge >= 0.3 is 5.97 Å². The smallest absolute Gasteiger partial charge is 0.315 e. The van der Waals surface area contributed by atoms with Crippen LogP contribution in [0.3, 0.4) is 0 Å². The monoisotopic (exact) mass is 228 g/mol. The van der Waals surface area contributed by atoms with Crippen molar-refractivity contribution in [2.75, 3.05) is 20.8 Å². The Morgan fingerprint density at radius 2 is 1.93 bits per heavy atom. The molecule has 1 atom stereocenters. The summed E-state index contributed by atoms with van der Waals surface area (Å²) in [5.74, 6) is -0.698. The highest BCUT2D eigenvalue weighted by molar-refractivity contribution is 6.30. The fourth-order valence-corrected chi connectivity index (χ4v) is 1.43. The topological polar surface area (TPSA) is 35.5 Å². The minimum atomic E-state index is -0.391. The van der Waals surface area contributed by atoms with Crippen molar-refractivity contribution >= 4 is 17.6 Å². The van der Waals surface area contributed by atoms with Crippen molar-refractivity contribution in [3.8, 4) is 0 Å². The normalized spacial score (nSPS) is 12.2. The van der Waals surface area contributed by atoms with Crippen LogP contribution in [0.4, 0.5) is 0 Å². The average Bonchev–Trinajstić information content (AvgIpc) is 2.26. The van der Waals surface area contributed by atoms with Crippen molar-refractivity contribution in [1.29, 1.82) is 0 Å². The predicted octanol–water partition coefficient (Wildman–Crippen LogP) is 2.24. The summed E-state index contributed by atoms with van der Waals surface area (Å²) in [6.45, 7) is 0.300. The molecule has 0 N–H and O–H groups in total. The molecule has 0 heterocycles. The van der Waals surface area contributed by atoms with Gasteiger partial charge in [-0.3, -0.25) is 4.79 Å². The highest BCUT2D eigenvalue weighted by Gasteiger charge is 2.20. The number of esters is 1. The second-order valence-corrected chi connectivity index (χ2v) is 3.52. The van der Waals surface area contributed by atoms with Crippen LogP contribution in [0.15, 0.2) is 24.3 Å². The average molecular weight is 229 g/mol. The minimum Gasteiger partial charge on any atom is -0.468 e. The van der Waals surface area contributed by atoms with Gasteiger partial charge in [-0.25, -0.2) is 0 Å². The van der Waals surface area contributed by atoms with Crippen LogP contribution in [0, 0.1) is 0 Å². The van der Waals surface area contributed by atoms with Crippen LogP contribution in [0.5, 0.6) is 0 Å². The lowest BCUT2D eigenvalue weighted by molar-refractivity contribution is -0.143. The van der Waals surface area contributed by atoms with Crippen LogP contribution in [0.2, 0.25) is 5.02 Å². The summed E-state index contributed by atoms with van der Waals surface area (Å²) in [7, 11) is 2.91. The third-order valence-corrected chi connectivity index (χ3v) is 2.34. The Morgan fingerprint density at radius 1 is 1.33 bits per heavy atom. The van der Waals surface area contributed by atoms with E-state index in [1.807, 2.05) is 0 Å². The zero-order chi connectivity index (χ0) is 11.3. The number of ether oxygens (including phenoxy) is 2. The molecule has 0 aliphatic carbocycles. The van der Waals surface area contributed by atoms with Gasteiger partial charge in [-0.2, -0.15) is 0 Å². The summed E-state index contributed by atoms with van der Waals surface area (Å²) < 4.78 is 9.68. The van der Waals surface area contributed by atoms with Gasteiger partial charge in [0.15, 0.2) is 0 Å². The van der Waals surface area contributed by atoms with Gasteiger partial charge in [-0.15, -0.1) is 0 Å². The molecule has 1 rings (SSSR count). The Kier molecular flexibility index (Phi) is 4.59. The zero-order valence-electron chi connectivity index (χ0n) is 8.70. The van der Waals surface area contributed by atoms with Gasteiger partial charge in [0.25, 0.3) is 0 Å². The first-order valence-electron chi connectivity index (χ1n) is 4.51. The molecular formula is C11H13ClO3. The Labute approximate surface area is 93.9 Å². The van der Waals surface area contributed by atoms with E-state index in [1.165, 1.54) is 7.11 Å². The highest BCUT2D eigenvalue weighted by atomic mass is 35.5. The quantitative estimate of drug-likeness (QED) is 0.742. The van der Waals surface area contributed by atoms with Gasteiger partial charge in [-0.05, 0) is 17.7 Å². The van der Waals surface area contributed by atoms with Crippen LogP contribution >= 0.6 is 11.6 Å².